The Morgan fingerprint density at radius 1 is 1.22 bits per heavy atom. The lowest BCUT2D eigenvalue weighted by Crippen LogP contribution is -2.13. The number of fused-ring (bicyclic) bond motifs is 1. The molecule has 0 aliphatic heterocycles. The van der Waals surface area contributed by atoms with Crippen molar-refractivity contribution >= 4 is 34.2 Å². The minimum Gasteiger partial charge on any atom is -0.462 e. The van der Waals surface area contributed by atoms with Crippen LogP contribution in [0.3, 0.4) is 0 Å². The van der Waals surface area contributed by atoms with Gasteiger partial charge in [0.2, 0.25) is 0 Å². The Kier molecular flexibility index (Phi) is 5.11. The molecule has 0 saturated carbocycles. The molecule has 1 aromatic heterocycles. The highest BCUT2D eigenvalue weighted by molar-refractivity contribution is 6.11. The van der Waals surface area contributed by atoms with Crippen LogP contribution in [0.2, 0.25) is 0 Å². The standard InChI is InChI=1S/C18H16N4O5/c1-2-9-27-18(24)11-3-5-12(6-4-11)19-17(23)16-14-10-13(22(25)26)7-8-15(14)20-21-16/h3-8,10H,2,9H2,1H3,(H,19,23)(H,20,21). The van der Waals surface area contributed by atoms with Crippen LogP contribution in [0.1, 0.15) is 34.2 Å². The van der Waals surface area contributed by atoms with Crippen molar-refractivity contribution in [3.05, 3.63) is 63.8 Å². The van der Waals surface area contributed by atoms with Crippen LogP contribution in [0.5, 0.6) is 0 Å². The summed E-state index contributed by atoms with van der Waals surface area (Å²) in [5.74, 6) is -0.955. The minimum atomic E-state index is -0.537. The number of ether oxygens (including phenoxy) is 1. The van der Waals surface area contributed by atoms with Crippen molar-refractivity contribution in [1.82, 2.24) is 10.2 Å². The Morgan fingerprint density at radius 3 is 2.63 bits per heavy atom. The number of anilines is 1. The highest BCUT2D eigenvalue weighted by atomic mass is 16.6. The van der Waals surface area contributed by atoms with Crippen molar-refractivity contribution in [3.8, 4) is 0 Å². The second-order valence-electron chi connectivity index (χ2n) is 5.73. The van der Waals surface area contributed by atoms with E-state index in [1.807, 2.05) is 6.92 Å². The summed E-state index contributed by atoms with van der Waals surface area (Å²) >= 11 is 0. The van der Waals surface area contributed by atoms with E-state index in [1.54, 1.807) is 24.3 Å². The number of hydrogen-bond donors (Lipinski definition) is 2. The van der Waals surface area contributed by atoms with Gasteiger partial charge in [0.1, 0.15) is 0 Å². The third-order valence-corrected chi connectivity index (χ3v) is 3.79. The van der Waals surface area contributed by atoms with Gasteiger partial charge >= 0.3 is 5.97 Å². The first-order chi connectivity index (χ1) is 13.0. The molecule has 0 unspecified atom stereocenters. The topological polar surface area (TPSA) is 127 Å². The number of hydrogen-bond acceptors (Lipinski definition) is 6. The first kappa shape index (κ1) is 18.1. The Morgan fingerprint density at radius 2 is 1.96 bits per heavy atom. The zero-order chi connectivity index (χ0) is 19.4. The molecule has 1 heterocycles. The lowest BCUT2D eigenvalue weighted by atomic mass is 10.1. The quantitative estimate of drug-likeness (QED) is 0.390. The molecule has 2 N–H and O–H groups in total. The fourth-order valence-corrected chi connectivity index (χ4v) is 2.45. The maximum absolute atomic E-state index is 12.5. The van der Waals surface area contributed by atoms with Crippen LogP contribution in [-0.4, -0.2) is 33.6 Å². The van der Waals surface area contributed by atoms with Crippen LogP contribution in [0, 0.1) is 10.1 Å². The van der Waals surface area contributed by atoms with Crippen molar-refractivity contribution < 1.29 is 19.2 Å². The van der Waals surface area contributed by atoms with Crippen molar-refractivity contribution in [2.75, 3.05) is 11.9 Å². The van der Waals surface area contributed by atoms with E-state index in [0.717, 1.165) is 6.42 Å². The number of nitrogens with one attached hydrogen (secondary N) is 2. The largest absolute Gasteiger partial charge is 0.462 e. The number of benzene rings is 2. The molecule has 0 aliphatic carbocycles. The Hall–Kier alpha value is -3.75. The molecule has 27 heavy (non-hydrogen) atoms. The van der Waals surface area contributed by atoms with Gasteiger partial charge in [-0.05, 0) is 36.8 Å². The zero-order valence-corrected chi connectivity index (χ0v) is 14.4. The number of H-pyrrole nitrogens is 1. The van der Waals surface area contributed by atoms with Gasteiger partial charge in [0.25, 0.3) is 11.6 Å². The summed E-state index contributed by atoms with van der Waals surface area (Å²) in [5, 5.41) is 20.5. The van der Waals surface area contributed by atoms with Crippen LogP contribution in [0.15, 0.2) is 42.5 Å². The number of amides is 1. The van der Waals surface area contributed by atoms with Gasteiger partial charge in [-0.2, -0.15) is 5.10 Å². The van der Waals surface area contributed by atoms with Crippen LogP contribution < -0.4 is 5.32 Å². The minimum absolute atomic E-state index is 0.0418. The van der Waals surface area contributed by atoms with Gasteiger partial charge < -0.3 is 10.1 Å². The molecule has 0 fully saturated rings. The molecule has 9 nitrogen and oxygen atoms in total. The normalized spacial score (nSPS) is 10.6. The Labute approximate surface area is 153 Å². The fraction of sp³-hybridized carbons (Fsp3) is 0.167. The summed E-state index contributed by atoms with van der Waals surface area (Å²) < 4.78 is 5.04. The van der Waals surface area contributed by atoms with E-state index in [9.17, 15) is 19.7 Å². The second kappa shape index (κ2) is 7.65. The summed E-state index contributed by atoms with van der Waals surface area (Å²) in [6.45, 7) is 2.25. The van der Waals surface area contributed by atoms with Crippen molar-refractivity contribution in [1.29, 1.82) is 0 Å². The van der Waals surface area contributed by atoms with E-state index >= 15 is 0 Å². The first-order valence-electron chi connectivity index (χ1n) is 8.20. The van der Waals surface area contributed by atoms with Crippen LogP contribution in [0.4, 0.5) is 11.4 Å². The smallest absolute Gasteiger partial charge is 0.338 e. The predicted molar refractivity (Wildman–Crippen MR) is 97.7 cm³/mol. The fourth-order valence-electron chi connectivity index (χ4n) is 2.45. The molecular weight excluding hydrogens is 352 g/mol. The third-order valence-electron chi connectivity index (χ3n) is 3.79. The molecule has 0 spiro atoms. The van der Waals surface area contributed by atoms with E-state index in [-0.39, 0.29) is 11.4 Å². The molecular formula is C18H16N4O5. The number of aromatic nitrogens is 2. The monoisotopic (exact) mass is 368 g/mol. The van der Waals surface area contributed by atoms with Crippen LogP contribution in [0.25, 0.3) is 10.9 Å². The van der Waals surface area contributed by atoms with E-state index in [2.05, 4.69) is 15.5 Å². The average molecular weight is 368 g/mol. The van der Waals surface area contributed by atoms with Gasteiger partial charge in [-0.3, -0.25) is 20.0 Å². The summed E-state index contributed by atoms with van der Waals surface area (Å²) in [7, 11) is 0. The Bertz CT molecular complexity index is 1010. The van der Waals surface area contributed by atoms with Crippen molar-refractivity contribution in [3.63, 3.8) is 0 Å². The molecule has 2 aromatic carbocycles. The van der Waals surface area contributed by atoms with E-state index in [0.29, 0.717) is 28.8 Å². The number of nitro benzene ring substituents is 1. The van der Waals surface area contributed by atoms with Crippen molar-refractivity contribution in [2.24, 2.45) is 0 Å². The van der Waals surface area contributed by atoms with Crippen LogP contribution >= 0.6 is 0 Å². The molecule has 0 aliphatic rings. The lowest BCUT2D eigenvalue weighted by molar-refractivity contribution is -0.384. The molecule has 9 heteroatoms. The number of rotatable bonds is 6. The number of carbonyl (C=O) groups is 2. The van der Waals surface area contributed by atoms with E-state index < -0.39 is 16.8 Å². The SMILES string of the molecule is CCCOC(=O)c1ccc(NC(=O)c2n[nH]c3ccc([N+](=O)[O-])cc23)cc1. The van der Waals surface area contributed by atoms with E-state index in [1.165, 1.54) is 18.2 Å². The maximum Gasteiger partial charge on any atom is 0.338 e. The van der Waals surface area contributed by atoms with Gasteiger partial charge in [-0.1, -0.05) is 6.92 Å². The number of carbonyl (C=O) groups excluding carboxylic acids is 2. The number of nitrogens with zero attached hydrogens (tertiary/aromatic N) is 2. The molecule has 0 atom stereocenters. The molecule has 0 radical (unpaired) electrons. The summed E-state index contributed by atoms with van der Waals surface area (Å²) in [6.07, 6.45) is 0.732. The molecule has 138 valence electrons. The average Bonchev–Trinajstić information content (AvgIpc) is 3.10. The highest BCUT2D eigenvalue weighted by Gasteiger charge is 2.17. The summed E-state index contributed by atoms with van der Waals surface area (Å²) in [6, 6.07) is 10.3. The van der Waals surface area contributed by atoms with Crippen molar-refractivity contribution in [2.45, 2.75) is 13.3 Å². The first-order valence-corrected chi connectivity index (χ1v) is 8.20. The number of aromatic amines is 1. The molecule has 1 amide bonds. The van der Waals surface area contributed by atoms with Gasteiger partial charge in [0.15, 0.2) is 5.69 Å². The molecule has 3 rings (SSSR count). The number of nitro groups is 1. The van der Waals surface area contributed by atoms with E-state index in [4.69, 9.17) is 4.74 Å². The maximum atomic E-state index is 12.5. The van der Waals surface area contributed by atoms with Gasteiger partial charge in [-0.15, -0.1) is 0 Å². The van der Waals surface area contributed by atoms with Crippen LogP contribution in [-0.2, 0) is 4.74 Å². The third kappa shape index (κ3) is 3.92. The molecule has 3 aromatic rings. The lowest BCUT2D eigenvalue weighted by Gasteiger charge is -2.06. The highest BCUT2D eigenvalue weighted by Crippen LogP contribution is 2.23. The van der Waals surface area contributed by atoms with Gasteiger partial charge in [-0.25, -0.2) is 4.79 Å². The zero-order valence-electron chi connectivity index (χ0n) is 14.4. The number of non-ortho nitro benzene ring substituents is 1. The molecule has 0 bridgehead atoms. The second-order valence-corrected chi connectivity index (χ2v) is 5.73. The predicted octanol–water partition coefficient (Wildman–Crippen LogP) is 3.29. The summed E-state index contributed by atoms with van der Waals surface area (Å²) in [4.78, 5) is 34.6. The van der Waals surface area contributed by atoms with Gasteiger partial charge in [0, 0.05) is 23.2 Å². The Balaban J connectivity index is 1.77. The number of esters is 1. The summed E-state index contributed by atoms with van der Waals surface area (Å²) in [5.41, 5.74) is 1.25. The van der Waals surface area contributed by atoms with Gasteiger partial charge in [0.05, 0.1) is 22.6 Å². The molecule has 0 saturated heterocycles.